The average Bonchev–Trinajstić information content (AvgIpc) is 3.92. The summed E-state index contributed by atoms with van der Waals surface area (Å²) in [6.45, 7) is 8.94. The lowest BCUT2D eigenvalue weighted by molar-refractivity contribution is 0.0197. The number of carbonyl (C=O) groups excluding carboxylic acids is 1. The molecule has 2 aliphatic rings. The largest absolute Gasteiger partial charge is 0.444 e. The molecule has 2 atom stereocenters. The van der Waals surface area contributed by atoms with E-state index in [9.17, 15) is 4.79 Å². The molecule has 2 unspecified atom stereocenters. The van der Waals surface area contributed by atoms with Crippen molar-refractivity contribution < 1.29 is 9.53 Å². The van der Waals surface area contributed by atoms with E-state index in [0.29, 0.717) is 36.3 Å². The molecule has 16 heteroatoms. The SMILES string of the molecule is CC(C)(C)OC(=O)N1CCCC(c2cc(N)n3ncc(-c4cscn4)c3n2)C1.Nc1cc(C2CCCNC2)nc2c(-c3cscn3)cnn12. The minimum Gasteiger partial charge on any atom is -0.444 e. The molecule has 14 nitrogen and oxygen atoms in total. The van der Waals surface area contributed by atoms with Crippen LogP contribution >= 0.6 is 22.7 Å². The van der Waals surface area contributed by atoms with Crippen LogP contribution in [0, 0.1) is 0 Å². The second kappa shape index (κ2) is 13.7. The highest BCUT2D eigenvalue weighted by Crippen LogP contribution is 2.32. The fourth-order valence-electron chi connectivity index (χ4n) is 6.30. The fourth-order valence-corrected chi connectivity index (χ4v) is 7.40. The van der Waals surface area contributed by atoms with Crippen molar-refractivity contribution >= 4 is 51.7 Å². The normalized spacial score (nSPS) is 18.4. The van der Waals surface area contributed by atoms with Crippen LogP contribution in [0.4, 0.5) is 16.4 Å². The third-order valence-electron chi connectivity index (χ3n) is 8.66. The maximum Gasteiger partial charge on any atom is 0.410 e. The van der Waals surface area contributed by atoms with Crippen LogP contribution in [0.25, 0.3) is 33.8 Å². The Labute approximate surface area is 291 Å². The predicted octanol–water partition coefficient (Wildman–Crippen LogP) is 5.45. The third-order valence-corrected chi connectivity index (χ3v) is 9.83. The monoisotopic (exact) mass is 700 g/mol. The van der Waals surface area contributed by atoms with Crippen molar-refractivity contribution in [1.82, 2.24) is 49.4 Å². The molecular formula is C33H40N12O2S2. The van der Waals surface area contributed by atoms with Crippen molar-refractivity contribution in [3.05, 3.63) is 57.7 Å². The first-order valence-corrected chi connectivity index (χ1v) is 18.3. The average molecular weight is 701 g/mol. The van der Waals surface area contributed by atoms with Gasteiger partial charge in [0.2, 0.25) is 0 Å². The van der Waals surface area contributed by atoms with Gasteiger partial charge < -0.3 is 26.4 Å². The number of ether oxygens (including phenoxy) is 1. The molecule has 2 fully saturated rings. The van der Waals surface area contributed by atoms with Gasteiger partial charge in [-0.3, -0.25) is 0 Å². The van der Waals surface area contributed by atoms with Gasteiger partial charge in [0, 0.05) is 54.4 Å². The lowest BCUT2D eigenvalue weighted by Gasteiger charge is -2.34. The number of amides is 1. The number of nitrogens with zero attached hydrogens (tertiary/aromatic N) is 9. The van der Waals surface area contributed by atoms with Crippen molar-refractivity contribution in [2.24, 2.45) is 0 Å². The molecule has 0 radical (unpaired) electrons. The van der Waals surface area contributed by atoms with Crippen LogP contribution < -0.4 is 16.8 Å². The second-order valence-corrected chi connectivity index (χ2v) is 14.8. The number of fused-ring (bicyclic) bond motifs is 2. The molecular weight excluding hydrogens is 661 g/mol. The topological polar surface area (TPSA) is 180 Å². The minimum atomic E-state index is -0.508. The van der Waals surface area contributed by atoms with Gasteiger partial charge in [0.25, 0.3) is 0 Å². The summed E-state index contributed by atoms with van der Waals surface area (Å²) in [7, 11) is 0. The number of hydrogen-bond donors (Lipinski definition) is 3. The molecule has 256 valence electrons. The van der Waals surface area contributed by atoms with Gasteiger partial charge in [-0.1, -0.05) is 0 Å². The molecule has 6 aromatic heterocycles. The molecule has 8 rings (SSSR count). The van der Waals surface area contributed by atoms with Crippen LogP contribution in [0.2, 0.25) is 0 Å². The summed E-state index contributed by atoms with van der Waals surface area (Å²) in [5.41, 5.74) is 22.4. The molecule has 8 heterocycles. The number of nitrogen functional groups attached to an aromatic ring is 2. The van der Waals surface area contributed by atoms with Crippen LogP contribution in [0.5, 0.6) is 0 Å². The van der Waals surface area contributed by atoms with E-state index < -0.39 is 5.60 Å². The molecule has 1 amide bonds. The summed E-state index contributed by atoms with van der Waals surface area (Å²) >= 11 is 3.09. The van der Waals surface area contributed by atoms with E-state index in [1.807, 2.05) is 49.2 Å². The van der Waals surface area contributed by atoms with Crippen LogP contribution in [-0.2, 0) is 4.74 Å². The van der Waals surface area contributed by atoms with Gasteiger partial charge in [0.05, 0.1) is 57.3 Å². The summed E-state index contributed by atoms with van der Waals surface area (Å²) in [6.07, 6.45) is 7.42. The van der Waals surface area contributed by atoms with Gasteiger partial charge in [0.15, 0.2) is 11.3 Å². The van der Waals surface area contributed by atoms with E-state index in [1.165, 1.54) is 17.8 Å². The number of nitrogens with two attached hydrogens (primary N) is 2. The maximum absolute atomic E-state index is 12.5. The number of hydrogen-bond acceptors (Lipinski definition) is 13. The highest BCUT2D eigenvalue weighted by molar-refractivity contribution is 7.08. The van der Waals surface area contributed by atoms with Gasteiger partial charge in [0.1, 0.15) is 17.2 Å². The van der Waals surface area contributed by atoms with Crippen LogP contribution in [-0.4, -0.2) is 81.9 Å². The zero-order chi connectivity index (χ0) is 34.1. The zero-order valence-corrected chi connectivity index (χ0v) is 29.4. The molecule has 2 aliphatic heterocycles. The predicted molar refractivity (Wildman–Crippen MR) is 192 cm³/mol. The Morgan fingerprint density at radius 3 is 1.96 bits per heavy atom. The van der Waals surface area contributed by atoms with E-state index in [4.69, 9.17) is 26.2 Å². The fraction of sp³-hybridized carbons (Fsp3) is 0.424. The van der Waals surface area contributed by atoms with Crippen molar-refractivity contribution in [2.45, 2.75) is 63.9 Å². The Hall–Kier alpha value is -4.67. The molecule has 0 aromatic carbocycles. The highest BCUT2D eigenvalue weighted by Gasteiger charge is 2.30. The Balaban J connectivity index is 0.000000160. The molecule has 0 aliphatic carbocycles. The zero-order valence-electron chi connectivity index (χ0n) is 27.7. The number of piperidine rings is 2. The van der Waals surface area contributed by atoms with E-state index >= 15 is 0 Å². The summed E-state index contributed by atoms with van der Waals surface area (Å²) < 4.78 is 8.85. The molecule has 0 saturated carbocycles. The highest BCUT2D eigenvalue weighted by atomic mass is 32.1. The summed E-state index contributed by atoms with van der Waals surface area (Å²) in [6, 6.07) is 3.80. The third kappa shape index (κ3) is 7.07. The van der Waals surface area contributed by atoms with Gasteiger partial charge in [-0.2, -0.15) is 19.2 Å². The Kier molecular flexibility index (Phi) is 9.17. The van der Waals surface area contributed by atoms with E-state index in [0.717, 1.165) is 71.9 Å². The molecule has 2 saturated heterocycles. The first-order valence-electron chi connectivity index (χ1n) is 16.4. The quantitative estimate of drug-likeness (QED) is 0.213. The van der Waals surface area contributed by atoms with Gasteiger partial charge >= 0.3 is 6.09 Å². The summed E-state index contributed by atoms with van der Waals surface area (Å²) in [5.74, 6) is 1.67. The van der Waals surface area contributed by atoms with E-state index in [-0.39, 0.29) is 12.0 Å². The van der Waals surface area contributed by atoms with Crippen molar-refractivity contribution in [1.29, 1.82) is 0 Å². The maximum atomic E-state index is 12.5. The Morgan fingerprint density at radius 2 is 1.45 bits per heavy atom. The molecule has 6 aromatic rings. The second-order valence-electron chi connectivity index (χ2n) is 13.4. The van der Waals surface area contributed by atoms with Gasteiger partial charge in [-0.15, -0.1) is 22.7 Å². The number of carbonyl (C=O) groups is 1. The first kappa shape index (κ1) is 32.9. The summed E-state index contributed by atoms with van der Waals surface area (Å²) in [4.78, 5) is 32.6. The smallest absolute Gasteiger partial charge is 0.410 e. The van der Waals surface area contributed by atoms with E-state index in [1.54, 1.807) is 43.2 Å². The number of rotatable bonds is 4. The number of aromatic nitrogens is 8. The Morgan fingerprint density at radius 1 is 0.878 bits per heavy atom. The standard InChI is InChI=1S/C19H24N6O2S.C14H16N6S/c1-19(2,3)27-18(26)24-6-4-5-12(9-24)14-7-16(20)25-17(23-14)13(8-22-25)15-10-28-11-21-15;15-13-4-11(9-2-1-3-16-5-9)19-14-10(6-18-20(13)14)12-7-21-8-17-12/h7-8,10-12H,4-6,9,20H2,1-3H3;4,6-9,16H,1-3,5,15H2. The Bertz CT molecular complexity index is 2040. The van der Waals surface area contributed by atoms with Gasteiger partial charge in [-0.05, 0) is 53.0 Å². The number of likely N-dealkylation sites (tertiary alicyclic amines) is 1. The van der Waals surface area contributed by atoms with Gasteiger partial charge in [-0.25, -0.2) is 24.7 Å². The minimum absolute atomic E-state index is 0.103. The number of nitrogens with one attached hydrogen (secondary N) is 1. The number of anilines is 2. The van der Waals surface area contributed by atoms with Crippen LogP contribution in [0.1, 0.15) is 69.7 Å². The van der Waals surface area contributed by atoms with E-state index in [2.05, 4.69) is 25.5 Å². The lowest BCUT2D eigenvalue weighted by atomic mass is 9.94. The molecule has 5 N–H and O–H groups in total. The van der Waals surface area contributed by atoms with Crippen molar-refractivity contribution in [3.8, 4) is 22.5 Å². The molecule has 0 bridgehead atoms. The summed E-state index contributed by atoms with van der Waals surface area (Å²) in [5, 5.41) is 16.1. The lowest BCUT2D eigenvalue weighted by Crippen LogP contribution is -2.42. The van der Waals surface area contributed by atoms with Crippen LogP contribution in [0.3, 0.4) is 0 Å². The number of thiazole rings is 2. The van der Waals surface area contributed by atoms with Crippen LogP contribution in [0.15, 0.2) is 46.3 Å². The molecule has 49 heavy (non-hydrogen) atoms. The molecule has 0 spiro atoms. The van der Waals surface area contributed by atoms with Crippen molar-refractivity contribution in [2.75, 3.05) is 37.6 Å². The first-order chi connectivity index (χ1) is 23.6. The van der Waals surface area contributed by atoms with Crippen molar-refractivity contribution in [3.63, 3.8) is 0 Å².